The number of piperazine rings is 1. The molecule has 1 atom stereocenters. The highest BCUT2D eigenvalue weighted by atomic mass is 19.1. The summed E-state index contributed by atoms with van der Waals surface area (Å²) in [5, 5.41) is 3.16. The summed E-state index contributed by atoms with van der Waals surface area (Å²) in [4.78, 5) is 50.2. The second-order valence-electron chi connectivity index (χ2n) is 13.4. The number of fused-ring (bicyclic) bond motifs is 3. The third-order valence-corrected chi connectivity index (χ3v) is 10.2. The van der Waals surface area contributed by atoms with E-state index in [0.29, 0.717) is 53.0 Å². The number of nitrogens with zero attached hydrogens (tertiary/aromatic N) is 6. The van der Waals surface area contributed by atoms with Gasteiger partial charge in [0.15, 0.2) is 0 Å². The van der Waals surface area contributed by atoms with Crippen LogP contribution in [0.1, 0.15) is 54.0 Å². The fourth-order valence-electron chi connectivity index (χ4n) is 7.33. The smallest absolute Gasteiger partial charge is 0.302 e. The average molecular weight is 668 g/mol. The Morgan fingerprint density at radius 2 is 1.86 bits per heavy atom. The number of rotatable bonds is 7. The zero-order valence-corrected chi connectivity index (χ0v) is 28.5. The van der Waals surface area contributed by atoms with Crippen LogP contribution in [-0.2, 0) is 42.6 Å². The minimum atomic E-state index is -0.552. The summed E-state index contributed by atoms with van der Waals surface area (Å²) in [5.41, 5.74) is 5.72. The summed E-state index contributed by atoms with van der Waals surface area (Å²) in [7, 11) is 3.75. The number of benzene rings is 1. The first-order valence-electron chi connectivity index (χ1n) is 17.0. The van der Waals surface area contributed by atoms with Gasteiger partial charge in [0, 0.05) is 75.8 Å². The van der Waals surface area contributed by atoms with E-state index in [4.69, 9.17) is 4.74 Å². The van der Waals surface area contributed by atoms with Crippen molar-refractivity contribution in [3.8, 4) is 11.1 Å². The second-order valence-corrected chi connectivity index (χ2v) is 13.4. The highest BCUT2D eigenvalue weighted by molar-refractivity contribution is 6.07. The molecule has 1 aromatic carbocycles. The number of aromatic nitrogens is 3. The lowest BCUT2D eigenvalue weighted by molar-refractivity contribution is -0.142. The Bertz CT molecular complexity index is 1990. The Morgan fingerprint density at radius 1 is 1.04 bits per heavy atom. The van der Waals surface area contributed by atoms with Crippen molar-refractivity contribution in [2.24, 2.45) is 7.05 Å². The molecule has 1 fully saturated rings. The van der Waals surface area contributed by atoms with Gasteiger partial charge in [-0.3, -0.25) is 14.4 Å². The van der Waals surface area contributed by atoms with Crippen molar-refractivity contribution in [2.75, 3.05) is 48.3 Å². The molecule has 0 bridgehead atoms. The zero-order valence-electron chi connectivity index (χ0n) is 28.5. The third kappa shape index (κ3) is 6.32. The van der Waals surface area contributed by atoms with E-state index < -0.39 is 11.8 Å². The topological polar surface area (TPSA) is 105 Å². The van der Waals surface area contributed by atoms with Crippen LogP contribution in [-0.4, -0.2) is 70.2 Å². The number of carbonyl (C=O) groups excluding carboxylic acids is 2. The maximum atomic E-state index is 15.6. The van der Waals surface area contributed by atoms with E-state index in [1.807, 2.05) is 18.2 Å². The molecular weight excluding hydrogens is 625 g/mol. The van der Waals surface area contributed by atoms with Crippen molar-refractivity contribution in [1.29, 1.82) is 0 Å². The van der Waals surface area contributed by atoms with E-state index in [2.05, 4.69) is 38.6 Å². The van der Waals surface area contributed by atoms with Gasteiger partial charge in [0.05, 0.1) is 17.6 Å². The van der Waals surface area contributed by atoms with Crippen LogP contribution in [0.3, 0.4) is 0 Å². The molecule has 0 unspecified atom stereocenters. The molecule has 1 aliphatic carbocycles. The molecule has 5 heterocycles. The van der Waals surface area contributed by atoms with Gasteiger partial charge >= 0.3 is 5.97 Å². The summed E-state index contributed by atoms with van der Waals surface area (Å²) in [6, 6.07) is 10.6. The van der Waals surface area contributed by atoms with E-state index in [9.17, 15) is 14.4 Å². The molecular formula is C37H42FN7O4. The number of esters is 1. The van der Waals surface area contributed by atoms with Crippen LogP contribution in [0.15, 0.2) is 53.6 Å². The maximum absolute atomic E-state index is 15.6. The van der Waals surface area contributed by atoms with Crippen LogP contribution >= 0.6 is 0 Å². The predicted octanol–water partition coefficient (Wildman–Crippen LogP) is 4.87. The number of carbonyl (C=O) groups is 2. The highest BCUT2D eigenvalue weighted by Gasteiger charge is 2.32. The molecule has 11 nitrogen and oxygen atoms in total. The molecule has 7 rings (SSSR count). The third-order valence-electron chi connectivity index (χ3n) is 10.2. The molecule has 256 valence electrons. The molecule has 0 spiro atoms. The molecule has 12 heteroatoms. The largest absolute Gasteiger partial charge is 0.461 e. The molecule has 0 radical (unpaired) electrons. The maximum Gasteiger partial charge on any atom is 0.302 e. The predicted molar refractivity (Wildman–Crippen MR) is 187 cm³/mol. The molecule has 1 amide bonds. The number of halogens is 1. The molecule has 4 aromatic rings. The summed E-state index contributed by atoms with van der Waals surface area (Å²) < 4.78 is 24.6. The van der Waals surface area contributed by atoms with Crippen molar-refractivity contribution < 1.29 is 18.7 Å². The van der Waals surface area contributed by atoms with E-state index in [0.717, 1.165) is 51.0 Å². The van der Waals surface area contributed by atoms with Crippen LogP contribution in [0.4, 0.5) is 27.3 Å². The van der Waals surface area contributed by atoms with Crippen LogP contribution in [0.25, 0.3) is 11.1 Å². The van der Waals surface area contributed by atoms with E-state index in [1.54, 1.807) is 30.4 Å². The summed E-state index contributed by atoms with van der Waals surface area (Å²) >= 11 is 0. The van der Waals surface area contributed by atoms with E-state index in [1.165, 1.54) is 34.9 Å². The Hall–Kier alpha value is -4.97. The van der Waals surface area contributed by atoms with Crippen LogP contribution in [0, 0.1) is 5.82 Å². The van der Waals surface area contributed by atoms with Crippen molar-refractivity contribution in [2.45, 2.75) is 58.7 Å². The molecule has 0 saturated carbocycles. The van der Waals surface area contributed by atoms with Gasteiger partial charge in [-0.1, -0.05) is 0 Å². The van der Waals surface area contributed by atoms with E-state index >= 15 is 4.39 Å². The normalized spacial score (nSPS) is 17.9. The summed E-state index contributed by atoms with van der Waals surface area (Å²) in [6.45, 7) is 7.03. The number of likely N-dealkylation sites (N-methyl/N-ethyl adjacent to an activating group) is 1. The number of ether oxygens (including phenoxy) is 1. The minimum Gasteiger partial charge on any atom is -0.461 e. The quantitative estimate of drug-likeness (QED) is 0.279. The number of hydrogen-bond acceptors (Lipinski definition) is 8. The molecule has 1 saturated heterocycles. The van der Waals surface area contributed by atoms with Gasteiger partial charge < -0.3 is 33.9 Å². The van der Waals surface area contributed by atoms with Crippen molar-refractivity contribution >= 4 is 34.8 Å². The van der Waals surface area contributed by atoms with Gasteiger partial charge in [-0.2, -0.15) is 0 Å². The number of nitrogens with one attached hydrogen (secondary N) is 1. The number of aryl methyl sites for hydroxylation is 2. The van der Waals surface area contributed by atoms with Gasteiger partial charge in [0.25, 0.3) is 11.5 Å². The van der Waals surface area contributed by atoms with Gasteiger partial charge in [0.1, 0.15) is 29.6 Å². The number of pyridine rings is 2. The van der Waals surface area contributed by atoms with Crippen molar-refractivity contribution in [1.82, 2.24) is 19.0 Å². The Balaban J connectivity index is 1.23. The van der Waals surface area contributed by atoms with E-state index in [-0.39, 0.29) is 23.8 Å². The standard InChI is InChI=1S/C37H42FN7O4/c1-23-20-43(12-11-41(23)3)28-9-10-35(39-19-28)40-31-15-26(21-42(4)36(31)47)29-17-27(38)18-33(30(29)22-49-24(2)46)45-14-13-44-32-8-6-5-7-25(32)16-34(44)37(45)48/h9-10,15-19,21,23H,5-8,11-14,20,22H2,1-4H3,(H,39,40)/t23-/m0/s1. The monoisotopic (exact) mass is 667 g/mol. The Kier molecular flexibility index (Phi) is 8.74. The number of hydrogen-bond donors (Lipinski definition) is 1. The summed E-state index contributed by atoms with van der Waals surface area (Å²) in [5.74, 6) is -0.783. The van der Waals surface area contributed by atoms with Crippen LogP contribution in [0.2, 0.25) is 0 Å². The highest BCUT2D eigenvalue weighted by Crippen LogP contribution is 2.37. The van der Waals surface area contributed by atoms with Crippen LogP contribution in [0.5, 0.6) is 0 Å². The fourth-order valence-corrected chi connectivity index (χ4v) is 7.33. The molecule has 2 aliphatic heterocycles. The van der Waals surface area contributed by atoms with Gasteiger partial charge in [-0.05, 0) is 87.2 Å². The molecule has 3 aliphatic rings. The van der Waals surface area contributed by atoms with Crippen molar-refractivity contribution in [3.05, 3.63) is 87.5 Å². The molecule has 1 N–H and O–H groups in total. The lowest BCUT2D eigenvalue weighted by Gasteiger charge is -2.38. The van der Waals surface area contributed by atoms with Gasteiger partial charge in [-0.15, -0.1) is 0 Å². The Morgan fingerprint density at radius 3 is 2.61 bits per heavy atom. The zero-order chi connectivity index (χ0) is 34.4. The van der Waals surface area contributed by atoms with Crippen LogP contribution < -0.4 is 20.7 Å². The van der Waals surface area contributed by atoms with Crippen molar-refractivity contribution in [3.63, 3.8) is 0 Å². The lowest BCUT2D eigenvalue weighted by atomic mass is 9.97. The fraction of sp³-hybridized carbons (Fsp3) is 0.405. The first-order chi connectivity index (χ1) is 23.6. The minimum absolute atomic E-state index is 0.179. The molecule has 3 aromatic heterocycles. The first kappa shape index (κ1) is 32.6. The lowest BCUT2D eigenvalue weighted by Crippen LogP contribution is -2.50. The Labute approximate surface area is 284 Å². The van der Waals surface area contributed by atoms with Gasteiger partial charge in [0.2, 0.25) is 0 Å². The van der Waals surface area contributed by atoms with Gasteiger partial charge in [-0.25, -0.2) is 9.37 Å². The SMILES string of the molecule is CC(=O)OCc1c(-c2cc(Nc3ccc(N4CCN(C)[C@@H](C)C4)cn3)c(=O)n(C)c2)cc(F)cc1N1CCn2c(cc3c2CCCC3)C1=O. The molecule has 49 heavy (non-hydrogen) atoms. The summed E-state index contributed by atoms with van der Waals surface area (Å²) in [6.07, 6.45) is 7.51. The average Bonchev–Trinajstić information content (AvgIpc) is 3.47. The number of amides is 1. The second kappa shape index (κ2) is 13.1. The first-order valence-corrected chi connectivity index (χ1v) is 17.0. The number of anilines is 4.